The molecule has 0 saturated carbocycles. The van der Waals surface area contributed by atoms with Gasteiger partial charge in [0.2, 0.25) is 0 Å². The van der Waals surface area contributed by atoms with E-state index in [1.165, 1.54) is 24.3 Å². The smallest absolute Gasteiger partial charge is 0.292 e. The van der Waals surface area contributed by atoms with Crippen LogP contribution in [0.25, 0.3) is 5.69 Å². The van der Waals surface area contributed by atoms with Gasteiger partial charge in [-0.2, -0.15) is 9.78 Å². The first-order valence-electron chi connectivity index (χ1n) is 8.40. The topological polar surface area (TPSA) is 90.5 Å². The van der Waals surface area contributed by atoms with Gasteiger partial charge >= 0.3 is 0 Å². The quantitative estimate of drug-likeness (QED) is 0.587. The summed E-state index contributed by atoms with van der Waals surface area (Å²) in [7, 11) is 0. The number of ether oxygens (including phenoxy) is 1. The van der Waals surface area contributed by atoms with Gasteiger partial charge < -0.3 is 9.64 Å². The number of aromatic nitrogens is 2. The minimum absolute atomic E-state index is 0.0557. The molecule has 1 aliphatic heterocycles. The number of rotatable bonds is 5. The van der Waals surface area contributed by atoms with Crippen LogP contribution in [0.4, 0.5) is 11.4 Å². The fourth-order valence-electron chi connectivity index (χ4n) is 3.07. The summed E-state index contributed by atoms with van der Waals surface area (Å²) >= 11 is 6.32. The Morgan fingerprint density at radius 1 is 1.38 bits per heavy atom. The van der Waals surface area contributed by atoms with Crippen molar-refractivity contribution >= 4 is 23.0 Å². The Morgan fingerprint density at radius 3 is 2.77 bits per heavy atom. The summed E-state index contributed by atoms with van der Waals surface area (Å²) < 4.78 is 6.82. The van der Waals surface area contributed by atoms with Crippen molar-refractivity contribution < 1.29 is 9.66 Å². The zero-order valence-electron chi connectivity index (χ0n) is 14.3. The molecule has 138 valence electrons. The highest BCUT2D eigenvalue weighted by atomic mass is 35.5. The molecule has 0 amide bonds. The van der Waals surface area contributed by atoms with Crippen LogP contribution in [0.1, 0.15) is 19.8 Å². The maximum Gasteiger partial charge on any atom is 0.292 e. The summed E-state index contributed by atoms with van der Waals surface area (Å²) in [6, 6.07) is 5.58. The fourth-order valence-corrected chi connectivity index (χ4v) is 3.32. The molecule has 1 unspecified atom stereocenters. The van der Waals surface area contributed by atoms with Crippen molar-refractivity contribution in [1.82, 2.24) is 9.78 Å². The summed E-state index contributed by atoms with van der Waals surface area (Å²) in [4.78, 5) is 24.9. The van der Waals surface area contributed by atoms with E-state index < -0.39 is 10.5 Å². The van der Waals surface area contributed by atoms with Crippen LogP contribution in [-0.4, -0.2) is 40.5 Å². The zero-order chi connectivity index (χ0) is 18.7. The minimum Gasteiger partial charge on any atom is -0.377 e. The van der Waals surface area contributed by atoms with Gasteiger partial charge in [0, 0.05) is 31.8 Å². The molecular weight excluding hydrogens is 360 g/mol. The molecule has 0 bridgehead atoms. The van der Waals surface area contributed by atoms with Gasteiger partial charge in [-0.3, -0.25) is 14.9 Å². The van der Waals surface area contributed by atoms with Crippen LogP contribution in [0.5, 0.6) is 0 Å². The molecule has 26 heavy (non-hydrogen) atoms. The SMILES string of the molecule is CCOC1CCCN(c2cnn(-c3ccc([N+](=O)[O-])cc3)c(=O)c2Cl)C1. The van der Waals surface area contributed by atoms with E-state index in [0.717, 1.165) is 24.1 Å². The Hall–Kier alpha value is -2.45. The summed E-state index contributed by atoms with van der Waals surface area (Å²) in [5.74, 6) is 0. The lowest BCUT2D eigenvalue weighted by Crippen LogP contribution is -2.41. The number of hydrogen-bond acceptors (Lipinski definition) is 6. The van der Waals surface area contributed by atoms with E-state index in [9.17, 15) is 14.9 Å². The first-order chi connectivity index (χ1) is 12.5. The third-order valence-electron chi connectivity index (χ3n) is 4.33. The highest BCUT2D eigenvalue weighted by molar-refractivity contribution is 6.33. The lowest BCUT2D eigenvalue weighted by molar-refractivity contribution is -0.384. The molecule has 9 heteroatoms. The van der Waals surface area contributed by atoms with Crippen molar-refractivity contribution in [2.45, 2.75) is 25.9 Å². The largest absolute Gasteiger partial charge is 0.377 e. The molecule has 2 aromatic rings. The van der Waals surface area contributed by atoms with E-state index >= 15 is 0 Å². The molecule has 0 spiro atoms. The lowest BCUT2D eigenvalue weighted by atomic mass is 10.1. The first-order valence-corrected chi connectivity index (χ1v) is 8.78. The third kappa shape index (κ3) is 3.71. The van der Waals surface area contributed by atoms with Crippen molar-refractivity contribution in [2.24, 2.45) is 0 Å². The Balaban J connectivity index is 1.89. The van der Waals surface area contributed by atoms with Gasteiger partial charge in [0.1, 0.15) is 5.02 Å². The summed E-state index contributed by atoms with van der Waals surface area (Å²) in [5, 5.41) is 15.0. The number of non-ortho nitro benzene ring substituents is 1. The van der Waals surface area contributed by atoms with Gasteiger partial charge in [-0.1, -0.05) is 11.6 Å². The van der Waals surface area contributed by atoms with Crippen molar-refractivity contribution in [3.8, 4) is 5.69 Å². The molecule has 1 aliphatic rings. The Labute approximate surface area is 155 Å². The van der Waals surface area contributed by atoms with E-state index in [0.29, 0.717) is 24.5 Å². The highest BCUT2D eigenvalue weighted by Crippen LogP contribution is 2.26. The zero-order valence-corrected chi connectivity index (χ0v) is 15.1. The van der Waals surface area contributed by atoms with Crippen LogP contribution in [0, 0.1) is 10.1 Å². The molecule has 1 aromatic heterocycles. The number of benzene rings is 1. The summed E-state index contributed by atoms with van der Waals surface area (Å²) in [6.45, 7) is 4.05. The molecule has 1 fully saturated rings. The number of nitro benzene ring substituents is 1. The Bertz CT molecular complexity index is 851. The number of anilines is 1. The molecular formula is C17H19ClN4O4. The molecule has 8 nitrogen and oxygen atoms in total. The van der Waals surface area contributed by atoms with Crippen LogP contribution in [0.2, 0.25) is 5.02 Å². The van der Waals surface area contributed by atoms with E-state index in [1.807, 2.05) is 11.8 Å². The molecule has 0 aliphatic carbocycles. The second-order valence-corrected chi connectivity index (χ2v) is 6.38. The molecule has 1 aromatic carbocycles. The van der Waals surface area contributed by atoms with Crippen LogP contribution in [-0.2, 0) is 4.74 Å². The van der Waals surface area contributed by atoms with Crippen molar-refractivity contribution in [1.29, 1.82) is 0 Å². The maximum atomic E-state index is 12.6. The van der Waals surface area contributed by atoms with Gasteiger partial charge in [-0.05, 0) is 31.9 Å². The monoisotopic (exact) mass is 378 g/mol. The molecule has 2 heterocycles. The van der Waals surface area contributed by atoms with Gasteiger partial charge in [0.15, 0.2) is 0 Å². The van der Waals surface area contributed by atoms with Gasteiger partial charge in [0.05, 0.1) is 28.6 Å². The van der Waals surface area contributed by atoms with Crippen LogP contribution >= 0.6 is 11.6 Å². The molecule has 3 rings (SSSR count). The number of piperidine rings is 1. The van der Waals surface area contributed by atoms with Crippen LogP contribution in [0.15, 0.2) is 35.3 Å². The van der Waals surface area contributed by atoms with Gasteiger partial charge in [-0.15, -0.1) is 0 Å². The lowest BCUT2D eigenvalue weighted by Gasteiger charge is -2.34. The molecule has 0 N–H and O–H groups in total. The second kappa shape index (κ2) is 7.84. The average Bonchev–Trinajstić information content (AvgIpc) is 2.64. The van der Waals surface area contributed by atoms with E-state index in [1.54, 1.807) is 6.20 Å². The maximum absolute atomic E-state index is 12.6. The average molecular weight is 379 g/mol. The summed E-state index contributed by atoms with van der Waals surface area (Å²) in [5.41, 5.74) is 0.482. The number of halogens is 1. The van der Waals surface area contributed by atoms with Gasteiger partial charge in [-0.25, -0.2) is 0 Å². The highest BCUT2D eigenvalue weighted by Gasteiger charge is 2.24. The normalized spacial score (nSPS) is 17.3. The number of nitro groups is 1. The predicted molar refractivity (Wildman–Crippen MR) is 98.4 cm³/mol. The van der Waals surface area contributed by atoms with Crippen molar-refractivity contribution in [3.05, 3.63) is 56.0 Å². The standard InChI is InChI=1S/C17H19ClN4O4/c1-2-26-14-4-3-9-20(11-14)15-10-19-21(17(23)16(15)18)12-5-7-13(8-6-12)22(24)25/h5-8,10,14H,2-4,9,11H2,1H3. The van der Waals surface area contributed by atoms with Crippen molar-refractivity contribution in [3.63, 3.8) is 0 Å². The Morgan fingerprint density at radius 2 is 2.12 bits per heavy atom. The van der Waals surface area contributed by atoms with Crippen molar-refractivity contribution in [2.75, 3.05) is 24.6 Å². The summed E-state index contributed by atoms with van der Waals surface area (Å²) in [6.07, 6.45) is 3.60. The van der Waals surface area contributed by atoms with E-state index in [2.05, 4.69) is 5.10 Å². The number of nitrogens with zero attached hydrogens (tertiary/aromatic N) is 4. The van der Waals surface area contributed by atoms with Crippen LogP contribution < -0.4 is 10.5 Å². The van der Waals surface area contributed by atoms with E-state index in [4.69, 9.17) is 16.3 Å². The Kier molecular flexibility index (Phi) is 5.53. The number of hydrogen-bond donors (Lipinski definition) is 0. The van der Waals surface area contributed by atoms with E-state index in [-0.39, 0.29) is 16.8 Å². The predicted octanol–water partition coefficient (Wildman–Crippen LogP) is 2.80. The fraction of sp³-hybridized carbons (Fsp3) is 0.412. The van der Waals surface area contributed by atoms with Crippen LogP contribution in [0.3, 0.4) is 0 Å². The molecule has 1 atom stereocenters. The minimum atomic E-state index is -0.499. The molecule has 1 saturated heterocycles. The first kappa shape index (κ1) is 18.3. The third-order valence-corrected chi connectivity index (χ3v) is 4.68. The van der Waals surface area contributed by atoms with Gasteiger partial charge in [0.25, 0.3) is 11.2 Å². The molecule has 0 radical (unpaired) electrons. The second-order valence-electron chi connectivity index (χ2n) is 6.00.